The van der Waals surface area contributed by atoms with E-state index in [1.807, 2.05) is 37.3 Å². The monoisotopic (exact) mass is 413 g/mol. The third-order valence-corrected chi connectivity index (χ3v) is 5.19. The Morgan fingerprint density at radius 1 is 1.00 bits per heavy atom. The average Bonchev–Trinajstić information content (AvgIpc) is 3.43. The van der Waals surface area contributed by atoms with Crippen LogP contribution in [0.2, 0.25) is 0 Å². The van der Waals surface area contributed by atoms with E-state index in [9.17, 15) is 9.59 Å². The molecule has 8 heteroatoms. The molecular formula is C23H19N5O3. The van der Waals surface area contributed by atoms with Gasteiger partial charge < -0.3 is 15.1 Å². The van der Waals surface area contributed by atoms with Gasteiger partial charge in [-0.3, -0.25) is 14.9 Å². The second kappa shape index (κ2) is 7.56. The summed E-state index contributed by atoms with van der Waals surface area (Å²) in [6, 6.07) is 12.8. The molecule has 2 aromatic heterocycles. The normalized spacial score (nSPS) is 12.3. The van der Waals surface area contributed by atoms with Crippen LogP contribution in [0.1, 0.15) is 32.0 Å². The molecule has 8 nitrogen and oxygen atoms in total. The van der Waals surface area contributed by atoms with Crippen LogP contribution in [0.5, 0.6) is 0 Å². The predicted octanol–water partition coefficient (Wildman–Crippen LogP) is 4.00. The number of anilines is 3. The van der Waals surface area contributed by atoms with Crippen molar-refractivity contribution in [2.75, 3.05) is 22.5 Å². The Hall–Kier alpha value is -4.20. The van der Waals surface area contributed by atoms with Gasteiger partial charge in [-0.15, -0.1) is 0 Å². The zero-order chi connectivity index (χ0) is 21.4. The van der Waals surface area contributed by atoms with Crippen LogP contribution in [0.15, 0.2) is 59.4 Å². The van der Waals surface area contributed by atoms with Gasteiger partial charge in [0.25, 0.3) is 11.8 Å². The number of benzene rings is 2. The summed E-state index contributed by atoms with van der Waals surface area (Å²) >= 11 is 0. The van der Waals surface area contributed by atoms with Crippen molar-refractivity contribution in [1.29, 1.82) is 0 Å². The number of hydrogen-bond donors (Lipinski definition) is 3. The molecule has 154 valence electrons. The van der Waals surface area contributed by atoms with Crippen LogP contribution in [-0.4, -0.2) is 28.3 Å². The number of aryl methyl sites for hydroxylation is 1. The molecule has 0 radical (unpaired) electrons. The zero-order valence-corrected chi connectivity index (χ0v) is 16.7. The number of fused-ring (bicyclic) bond motifs is 2. The number of amides is 2. The minimum absolute atomic E-state index is 0.0627. The van der Waals surface area contributed by atoms with Gasteiger partial charge in [-0.2, -0.15) is 4.98 Å². The molecule has 0 saturated carbocycles. The van der Waals surface area contributed by atoms with Crippen LogP contribution in [0.3, 0.4) is 0 Å². The smallest absolute Gasteiger partial charge is 0.274 e. The van der Waals surface area contributed by atoms with Crippen molar-refractivity contribution in [2.24, 2.45) is 0 Å². The van der Waals surface area contributed by atoms with E-state index in [1.165, 1.54) is 6.26 Å². The molecule has 0 fully saturated rings. The summed E-state index contributed by atoms with van der Waals surface area (Å²) in [6.07, 6.45) is 3.74. The lowest BCUT2D eigenvalue weighted by Crippen LogP contribution is -2.20. The Balaban J connectivity index is 1.45. The number of nitrogens with zero attached hydrogens (tertiary/aromatic N) is 2. The number of hydrogen-bond acceptors (Lipinski definition) is 6. The molecule has 3 N–H and O–H groups in total. The van der Waals surface area contributed by atoms with E-state index in [2.05, 4.69) is 25.9 Å². The van der Waals surface area contributed by atoms with E-state index >= 15 is 0 Å². The number of carbonyl (C=O) groups excluding carboxylic acids is 2. The SMILES string of the molecule is Cc1ccc(NC(=O)c2nc(NC(=O)c3cccc4cocc34)nc3c2CCN3)cc1. The summed E-state index contributed by atoms with van der Waals surface area (Å²) in [5.74, 6) is -0.109. The van der Waals surface area contributed by atoms with Gasteiger partial charge in [0.15, 0.2) is 0 Å². The van der Waals surface area contributed by atoms with Gasteiger partial charge in [-0.1, -0.05) is 29.8 Å². The van der Waals surface area contributed by atoms with Gasteiger partial charge in [0.05, 0.1) is 18.1 Å². The van der Waals surface area contributed by atoms with Crippen LogP contribution in [-0.2, 0) is 6.42 Å². The fourth-order valence-corrected chi connectivity index (χ4v) is 3.60. The van der Waals surface area contributed by atoms with Crippen LogP contribution in [0.25, 0.3) is 10.8 Å². The summed E-state index contributed by atoms with van der Waals surface area (Å²) in [4.78, 5) is 34.6. The first-order valence-electron chi connectivity index (χ1n) is 9.87. The van der Waals surface area contributed by atoms with E-state index in [0.717, 1.165) is 16.5 Å². The van der Waals surface area contributed by atoms with E-state index in [0.29, 0.717) is 35.4 Å². The zero-order valence-electron chi connectivity index (χ0n) is 16.7. The van der Waals surface area contributed by atoms with Crippen molar-refractivity contribution >= 4 is 40.0 Å². The fourth-order valence-electron chi connectivity index (χ4n) is 3.60. The molecule has 0 bridgehead atoms. The van der Waals surface area contributed by atoms with Crippen molar-refractivity contribution < 1.29 is 14.0 Å². The topological polar surface area (TPSA) is 109 Å². The first-order chi connectivity index (χ1) is 15.1. The van der Waals surface area contributed by atoms with Crippen molar-refractivity contribution in [3.63, 3.8) is 0 Å². The van der Waals surface area contributed by atoms with E-state index in [-0.39, 0.29) is 23.5 Å². The van der Waals surface area contributed by atoms with Gasteiger partial charge >= 0.3 is 0 Å². The number of rotatable bonds is 4. The highest BCUT2D eigenvalue weighted by molar-refractivity contribution is 6.12. The Bertz CT molecular complexity index is 1310. The molecule has 0 saturated heterocycles. The highest BCUT2D eigenvalue weighted by Crippen LogP contribution is 2.26. The minimum atomic E-state index is -0.380. The molecule has 1 aliphatic rings. The predicted molar refractivity (Wildman–Crippen MR) is 118 cm³/mol. The highest BCUT2D eigenvalue weighted by Gasteiger charge is 2.24. The molecule has 0 aliphatic carbocycles. The number of nitrogens with one attached hydrogen (secondary N) is 3. The molecule has 1 aliphatic heterocycles. The molecule has 0 spiro atoms. The highest BCUT2D eigenvalue weighted by atomic mass is 16.3. The third-order valence-electron chi connectivity index (χ3n) is 5.19. The van der Waals surface area contributed by atoms with Crippen molar-refractivity contribution in [1.82, 2.24) is 9.97 Å². The number of carbonyl (C=O) groups is 2. The van der Waals surface area contributed by atoms with Gasteiger partial charge in [0.1, 0.15) is 11.5 Å². The van der Waals surface area contributed by atoms with E-state index in [1.54, 1.807) is 18.4 Å². The quantitative estimate of drug-likeness (QED) is 0.467. The molecule has 2 amide bonds. The maximum absolute atomic E-state index is 13.0. The number of furan rings is 1. The lowest BCUT2D eigenvalue weighted by Gasteiger charge is -2.11. The Kier molecular flexibility index (Phi) is 4.59. The first-order valence-corrected chi connectivity index (χ1v) is 9.87. The fraction of sp³-hybridized carbons (Fsp3) is 0.130. The molecular weight excluding hydrogens is 394 g/mol. The summed E-state index contributed by atoms with van der Waals surface area (Å²) in [5.41, 5.74) is 3.19. The van der Waals surface area contributed by atoms with E-state index in [4.69, 9.17) is 4.42 Å². The average molecular weight is 413 g/mol. The second-order valence-corrected chi connectivity index (χ2v) is 7.35. The lowest BCUT2D eigenvalue weighted by atomic mass is 10.1. The molecule has 4 aromatic rings. The van der Waals surface area contributed by atoms with Gasteiger partial charge in [0, 0.05) is 28.6 Å². The van der Waals surface area contributed by atoms with Crippen LogP contribution >= 0.6 is 0 Å². The lowest BCUT2D eigenvalue weighted by molar-refractivity contribution is 0.101. The Labute approximate surface area is 177 Å². The summed E-state index contributed by atoms with van der Waals surface area (Å²) in [6.45, 7) is 2.63. The summed E-state index contributed by atoms with van der Waals surface area (Å²) in [5, 5.41) is 10.2. The largest absolute Gasteiger partial charge is 0.471 e. The first kappa shape index (κ1) is 18.8. The van der Waals surface area contributed by atoms with Crippen molar-refractivity contribution in [3.05, 3.63) is 77.4 Å². The van der Waals surface area contributed by atoms with Crippen molar-refractivity contribution in [3.8, 4) is 0 Å². The third kappa shape index (κ3) is 3.59. The van der Waals surface area contributed by atoms with Crippen LogP contribution in [0, 0.1) is 6.92 Å². The van der Waals surface area contributed by atoms with E-state index < -0.39 is 0 Å². The van der Waals surface area contributed by atoms with Crippen LogP contribution in [0.4, 0.5) is 17.5 Å². The maximum Gasteiger partial charge on any atom is 0.274 e. The molecule has 5 rings (SSSR count). The maximum atomic E-state index is 13.0. The molecule has 3 heterocycles. The second-order valence-electron chi connectivity index (χ2n) is 7.35. The van der Waals surface area contributed by atoms with Gasteiger partial charge in [-0.25, -0.2) is 4.98 Å². The summed E-state index contributed by atoms with van der Waals surface area (Å²) in [7, 11) is 0. The molecule has 31 heavy (non-hydrogen) atoms. The summed E-state index contributed by atoms with van der Waals surface area (Å²) < 4.78 is 5.21. The van der Waals surface area contributed by atoms with Gasteiger partial charge in [-0.05, 0) is 31.5 Å². The number of aromatic nitrogens is 2. The molecule has 0 unspecified atom stereocenters. The minimum Gasteiger partial charge on any atom is -0.471 e. The Morgan fingerprint density at radius 3 is 2.68 bits per heavy atom. The Morgan fingerprint density at radius 2 is 1.84 bits per heavy atom. The molecule has 2 aromatic carbocycles. The molecule has 0 atom stereocenters. The standard InChI is InChI=1S/C23H19N5O3/c1-13-5-7-15(8-6-13)25-22(30)19-17-9-10-24-20(17)27-23(26-19)28-21(29)16-4-2-3-14-11-31-12-18(14)16/h2-8,11-12H,9-10H2,1H3,(H,25,30)(H2,24,26,27,28,29). The van der Waals surface area contributed by atoms with Crippen LogP contribution < -0.4 is 16.0 Å². The van der Waals surface area contributed by atoms with Crippen molar-refractivity contribution in [2.45, 2.75) is 13.3 Å². The van der Waals surface area contributed by atoms with Gasteiger partial charge in [0.2, 0.25) is 5.95 Å².